The Labute approximate surface area is 75.2 Å². The number of hydrogen-bond donors (Lipinski definition) is 1. The highest BCUT2D eigenvalue weighted by Gasteiger charge is 2.01. The van der Waals surface area contributed by atoms with Crippen LogP contribution in [-0.4, -0.2) is 10.9 Å². The van der Waals surface area contributed by atoms with Crippen molar-refractivity contribution in [2.24, 2.45) is 5.73 Å². The van der Waals surface area contributed by atoms with Crippen LogP contribution in [0, 0.1) is 6.07 Å². The van der Waals surface area contributed by atoms with Gasteiger partial charge in [-0.25, -0.2) is 4.98 Å². The van der Waals surface area contributed by atoms with Gasteiger partial charge in [0.2, 0.25) is 0 Å². The number of carbonyl (C=O) groups excluding carboxylic acids is 1. The van der Waals surface area contributed by atoms with Gasteiger partial charge in [0.1, 0.15) is 5.69 Å². The first-order valence-electron chi connectivity index (χ1n) is 3.84. The van der Waals surface area contributed by atoms with E-state index in [9.17, 15) is 4.79 Å². The molecule has 0 spiro atoms. The van der Waals surface area contributed by atoms with Gasteiger partial charge in [-0.15, -0.1) is 0 Å². The van der Waals surface area contributed by atoms with Crippen LogP contribution < -0.4 is 5.73 Å². The number of fused-ring (bicyclic) bond motifs is 1. The standard InChI is InChI=1S/C10H7N2O/c11-10(13)9-6-5-7-3-1-2-4-8(7)12-9/h2-6H,(H2,11,13). The third kappa shape index (κ3) is 1.36. The minimum absolute atomic E-state index is 0.290. The molecule has 2 rings (SSSR count). The summed E-state index contributed by atoms with van der Waals surface area (Å²) in [6.07, 6.45) is 0. The fraction of sp³-hybridized carbons (Fsp3) is 0. The molecule has 0 aliphatic heterocycles. The summed E-state index contributed by atoms with van der Waals surface area (Å²) in [6.45, 7) is 0. The summed E-state index contributed by atoms with van der Waals surface area (Å²) in [7, 11) is 0. The molecule has 1 aromatic carbocycles. The molecule has 2 aromatic rings. The van der Waals surface area contributed by atoms with E-state index in [-0.39, 0.29) is 0 Å². The van der Waals surface area contributed by atoms with E-state index in [0.29, 0.717) is 5.69 Å². The number of aromatic nitrogens is 1. The fourth-order valence-electron chi connectivity index (χ4n) is 1.14. The van der Waals surface area contributed by atoms with E-state index < -0.39 is 5.91 Å². The van der Waals surface area contributed by atoms with Gasteiger partial charge < -0.3 is 5.73 Å². The second-order valence-electron chi connectivity index (χ2n) is 2.68. The molecule has 0 aliphatic carbocycles. The Morgan fingerprint density at radius 1 is 1.38 bits per heavy atom. The van der Waals surface area contributed by atoms with E-state index in [4.69, 9.17) is 5.73 Å². The zero-order valence-electron chi connectivity index (χ0n) is 6.82. The number of rotatable bonds is 1. The van der Waals surface area contributed by atoms with Gasteiger partial charge in [0.15, 0.2) is 0 Å². The molecule has 0 unspecified atom stereocenters. The lowest BCUT2D eigenvalue weighted by Gasteiger charge is -1.97. The van der Waals surface area contributed by atoms with Crippen molar-refractivity contribution in [1.82, 2.24) is 4.98 Å². The number of hydrogen-bond acceptors (Lipinski definition) is 2. The number of nitrogens with zero attached hydrogens (tertiary/aromatic N) is 1. The molecule has 13 heavy (non-hydrogen) atoms. The van der Waals surface area contributed by atoms with E-state index in [1.54, 1.807) is 24.3 Å². The highest BCUT2D eigenvalue weighted by Crippen LogP contribution is 2.10. The Bertz CT molecular complexity index is 465. The SMILES string of the molecule is NC(=O)c1ccc2c[c]ccc2n1. The smallest absolute Gasteiger partial charge is 0.267 e. The molecule has 0 bridgehead atoms. The summed E-state index contributed by atoms with van der Waals surface area (Å²) >= 11 is 0. The minimum atomic E-state index is -0.505. The maximum absolute atomic E-state index is 10.8. The third-order valence-electron chi connectivity index (χ3n) is 1.79. The van der Waals surface area contributed by atoms with Crippen LogP contribution in [0.1, 0.15) is 10.5 Å². The Hall–Kier alpha value is -1.90. The quantitative estimate of drug-likeness (QED) is 0.699. The number of amides is 1. The van der Waals surface area contributed by atoms with Crippen molar-refractivity contribution in [3.05, 3.63) is 42.1 Å². The van der Waals surface area contributed by atoms with Crippen LogP contribution in [0.4, 0.5) is 0 Å². The summed E-state index contributed by atoms with van der Waals surface area (Å²) in [5, 5.41) is 0.951. The van der Waals surface area contributed by atoms with Crippen molar-refractivity contribution >= 4 is 16.8 Å². The van der Waals surface area contributed by atoms with E-state index >= 15 is 0 Å². The molecule has 0 fully saturated rings. The summed E-state index contributed by atoms with van der Waals surface area (Å²) in [5.74, 6) is -0.505. The number of primary amides is 1. The Kier molecular flexibility index (Phi) is 1.70. The number of carbonyl (C=O) groups is 1. The summed E-state index contributed by atoms with van der Waals surface area (Å²) < 4.78 is 0. The van der Waals surface area contributed by atoms with Gasteiger partial charge in [0.25, 0.3) is 5.91 Å². The molecule has 0 saturated heterocycles. The van der Waals surface area contributed by atoms with Crippen LogP contribution in [0.25, 0.3) is 10.9 Å². The first kappa shape index (κ1) is 7.73. The third-order valence-corrected chi connectivity index (χ3v) is 1.79. The average Bonchev–Trinajstić information content (AvgIpc) is 2.17. The molecule has 3 nitrogen and oxygen atoms in total. The van der Waals surface area contributed by atoms with Crippen molar-refractivity contribution in [2.45, 2.75) is 0 Å². The molecular weight excluding hydrogens is 164 g/mol. The van der Waals surface area contributed by atoms with Gasteiger partial charge in [0, 0.05) is 5.39 Å². The van der Waals surface area contributed by atoms with Gasteiger partial charge in [-0.05, 0) is 24.3 Å². The maximum Gasteiger partial charge on any atom is 0.267 e. The van der Waals surface area contributed by atoms with Crippen molar-refractivity contribution in [1.29, 1.82) is 0 Å². The largest absolute Gasteiger partial charge is 0.364 e. The molecule has 0 atom stereocenters. The summed E-state index contributed by atoms with van der Waals surface area (Å²) in [6, 6.07) is 11.7. The van der Waals surface area contributed by atoms with Gasteiger partial charge in [0.05, 0.1) is 5.52 Å². The zero-order chi connectivity index (χ0) is 9.26. The fourth-order valence-corrected chi connectivity index (χ4v) is 1.14. The van der Waals surface area contributed by atoms with Crippen LogP contribution in [-0.2, 0) is 0 Å². The van der Waals surface area contributed by atoms with Gasteiger partial charge in [-0.2, -0.15) is 0 Å². The molecule has 63 valence electrons. The van der Waals surface area contributed by atoms with Crippen molar-refractivity contribution in [3.8, 4) is 0 Å². The van der Waals surface area contributed by atoms with Crippen LogP contribution >= 0.6 is 0 Å². The predicted molar refractivity (Wildman–Crippen MR) is 49.1 cm³/mol. The first-order valence-corrected chi connectivity index (χ1v) is 3.84. The highest BCUT2D eigenvalue weighted by molar-refractivity contribution is 5.93. The second-order valence-corrected chi connectivity index (χ2v) is 2.68. The predicted octanol–water partition coefficient (Wildman–Crippen LogP) is 1.13. The topological polar surface area (TPSA) is 56.0 Å². The lowest BCUT2D eigenvalue weighted by molar-refractivity contribution is 0.0996. The molecule has 2 N–H and O–H groups in total. The monoisotopic (exact) mass is 171 g/mol. The van der Waals surface area contributed by atoms with E-state index in [0.717, 1.165) is 10.9 Å². The lowest BCUT2D eigenvalue weighted by Crippen LogP contribution is -2.12. The molecule has 1 heterocycles. The van der Waals surface area contributed by atoms with Gasteiger partial charge in [-0.1, -0.05) is 12.1 Å². The molecule has 1 amide bonds. The second kappa shape index (κ2) is 2.86. The normalized spacial score (nSPS) is 10.2. The van der Waals surface area contributed by atoms with Crippen molar-refractivity contribution < 1.29 is 4.79 Å². The van der Waals surface area contributed by atoms with Crippen LogP contribution in [0.3, 0.4) is 0 Å². The van der Waals surface area contributed by atoms with E-state index in [1.165, 1.54) is 0 Å². The van der Waals surface area contributed by atoms with Crippen LogP contribution in [0.5, 0.6) is 0 Å². The van der Waals surface area contributed by atoms with Crippen molar-refractivity contribution in [3.63, 3.8) is 0 Å². The number of pyridine rings is 1. The van der Waals surface area contributed by atoms with Gasteiger partial charge in [-0.3, -0.25) is 4.79 Å². The molecule has 0 aliphatic rings. The van der Waals surface area contributed by atoms with Crippen molar-refractivity contribution in [2.75, 3.05) is 0 Å². The molecular formula is C10H7N2O. The Balaban J connectivity index is 2.69. The zero-order valence-corrected chi connectivity index (χ0v) is 6.82. The minimum Gasteiger partial charge on any atom is -0.364 e. The van der Waals surface area contributed by atoms with E-state index in [1.807, 2.05) is 6.07 Å². The highest BCUT2D eigenvalue weighted by atomic mass is 16.1. The number of nitrogens with two attached hydrogens (primary N) is 1. The molecule has 0 saturated carbocycles. The van der Waals surface area contributed by atoms with E-state index in [2.05, 4.69) is 11.1 Å². The molecule has 3 heteroatoms. The Morgan fingerprint density at radius 2 is 2.23 bits per heavy atom. The summed E-state index contributed by atoms with van der Waals surface area (Å²) in [5.41, 5.74) is 6.15. The lowest BCUT2D eigenvalue weighted by atomic mass is 10.2. The summed E-state index contributed by atoms with van der Waals surface area (Å²) in [4.78, 5) is 14.9. The maximum atomic E-state index is 10.8. The van der Waals surface area contributed by atoms with Gasteiger partial charge >= 0.3 is 0 Å². The average molecular weight is 171 g/mol. The first-order chi connectivity index (χ1) is 6.27. The number of benzene rings is 1. The molecule has 1 aromatic heterocycles. The Morgan fingerprint density at radius 3 is 3.00 bits per heavy atom. The molecule has 1 radical (unpaired) electrons. The van der Waals surface area contributed by atoms with Crippen LogP contribution in [0.15, 0.2) is 30.3 Å². The van der Waals surface area contributed by atoms with Crippen LogP contribution in [0.2, 0.25) is 0 Å².